The molecule has 0 amide bonds. The van der Waals surface area contributed by atoms with Gasteiger partial charge in [0, 0.05) is 17.8 Å². The lowest BCUT2D eigenvalue weighted by Crippen LogP contribution is -2.33. The zero-order valence-corrected chi connectivity index (χ0v) is 13.5. The van der Waals surface area contributed by atoms with E-state index >= 15 is 0 Å². The van der Waals surface area contributed by atoms with Gasteiger partial charge in [-0.25, -0.2) is 9.78 Å². The summed E-state index contributed by atoms with van der Waals surface area (Å²) < 4.78 is 5.85. The normalized spacial score (nSPS) is 12.2. The van der Waals surface area contributed by atoms with Crippen molar-refractivity contribution in [2.75, 3.05) is 20.2 Å². The summed E-state index contributed by atoms with van der Waals surface area (Å²) in [4.78, 5) is 19.2. The van der Waals surface area contributed by atoms with E-state index in [0.717, 1.165) is 8.79 Å². The Balaban J connectivity index is 3.01. The van der Waals surface area contributed by atoms with Gasteiger partial charge in [-0.15, -0.1) is 11.3 Å². The molecule has 0 aliphatic rings. The Kier molecular flexibility index (Phi) is 6.42. The van der Waals surface area contributed by atoms with Crippen molar-refractivity contribution in [3.8, 4) is 6.07 Å². The van der Waals surface area contributed by atoms with Crippen LogP contribution in [0, 0.1) is 18.3 Å². The summed E-state index contributed by atoms with van der Waals surface area (Å²) in [6.45, 7) is 4.51. The van der Waals surface area contributed by atoms with Gasteiger partial charge in [0.05, 0.1) is 18.4 Å². The zero-order chi connectivity index (χ0) is 14.4. The van der Waals surface area contributed by atoms with Crippen molar-refractivity contribution in [1.82, 2.24) is 9.88 Å². The predicted molar refractivity (Wildman–Crippen MR) is 76.8 cm³/mol. The molecule has 0 aliphatic heterocycles. The second kappa shape index (κ2) is 7.58. The molecule has 104 valence electrons. The van der Waals surface area contributed by atoms with Crippen molar-refractivity contribution in [3.63, 3.8) is 0 Å². The van der Waals surface area contributed by atoms with Crippen molar-refractivity contribution in [2.45, 2.75) is 26.3 Å². The molecule has 19 heavy (non-hydrogen) atoms. The predicted octanol–water partition coefficient (Wildman–Crippen LogP) is 2.66. The highest BCUT2D eigenvalue weighted by atomic mass is 79.9. The summed E-state index contributed by atoms with van der Waals surface area (Å²) in [6, 6.07) is 1.52. The smallest absolute Gasteiger partial charge is 0.329 e. The van der Waals surface area contributed by atoms with Crippen molar-refractivity contribution in [2.24, 2.45) is 0 Å². The molecule has 0 N–H and O–H groups in total. The van der Waals surface area contributed by atoms with Gasteiger partial charge in [0.25, 0.3) is 0 Å². The number of halogens is 1. The fraction of sp³-hybridized carbons (Fsp3) is 0.583. The van der Waals surface area contributed by atoms with Crippen LogP contribution in [0.4, 0.5) is 0 Å². The third kappa shape index (κ3) is 4.27. The molecule has 5 nitrogen and oxygen atoms in total. The minimum Gasteiger partial charge on any atom is -0.465 e. The number of likely N-dealkylation sites (N-methyl/N-ethyl adjacent to an activating group) is 1. The first-order chi connectivity index (χ1) is 9.01. The summed E-state index contributed by atoms with van der Waals surface area (Å²) in [7, 11) is 1.80. The Morgan fingerprint density at radius 1 is 1.68 bits per heavy atom. The molecular formula is C12H16BrN3O2S. The van der Waals surface area contributed by atoms with Crippen LogP contribution in [0.1, 0.15) is 30.0 Å². The number of aryl methyl sites for hydroxylation is 1. The molecule has 7 heteroatoms. The number of hydrogen-bond donors (Lipinski definition) is 0. The molecule has 0 bridgehead atoms. The Labute approximate surface area is 125 Å². The van der Waals surface area contributed by atoms with Gasteiger partial charge in [-0.3, -0.25) is 4.90 Å². The highest BCUT2D eigenvalue weighted by Gasteiger charge is 2.30. The molecule has 0 spiro atoms. The van der Waals surface area contributed by atoms with Gasteiger partial charge in [0.2, 0.25) is 0 Å². The van der Waals surface area contributed by atoms with Crippen LogP contribution in [0.5, 0.6) is 0 Å². The Hall–Kier alpha value is -0.970. The van der Waals surface area contributed by atoms with Gasteiger partial charge in [-0.05, 0) is 36.8 Å². The molecule has 1 atom stereocenters. The van der Waals surface area contributed by atoms with E-state index in [1.165, 1.54) is 11.3 Å². The van der Waals surface area contributed by atoms with E-state index in [1.54, 1.807) is 18.9 Å². The summed E-state index contributed by atoms with van der Waals surface area (Å²) >= 11 is 4.81. The highest BCUT2D eigenvalue weighted by molar-refractivity contribution is 9.11. The van der Waals surface area contributed by atoms with E-state index in [1.807, 2.05) is 6.92 Å². The van der Waals surface area contributed by atoms with E-state index in [9.17, 15) is 4.79 Å². The van der Waals surface area contributed by atoms with Gasteiger partial charge < -0.3 is 4.74 Å². The maximum absolute atomic E-state index is 12.1. The third-order valence-electron chi connectivity index (χ3n) is 2.59. The number of hydrogen-bond acceptors (Lipinski definition) is 6. The number of carbonyl (C=O) groups is 1. The van der Waals surface area contributed by atoms with Gasteiger partial charge >= 0.3 is 5.97 Å². The average molecular weight is 346 g/mol. The number of ether oxygens (including phenoxy) is 1. The first-order valence-electron chi connectivity index (χ1n) is 5.87. The van der Waals surface area contributed by atoms with Crippen LogP contribution in [0.2, 0.25) is 0 Å². The number of thiazole rings is 1. The molecule has 0 saturated carbocycles. The lowest BCUT2D eigenvalue weighted by Gasteiger charge is -2.24. The van der Waals surface area contributed by atoms with Crippen molar-refractivity contribution >= 4 is 33.2 Å². The number of carbonyl (C=O) groups excluding carboxylic acids is 1. The molecule has 1 unspecified atom stereocenters. The zero-order valence-electron chi connectivity index (χ0n) is 11.1. The molecule has 0 aromatic carbocycles. The standard InChI is InChI=1S/C12H16BrN3O2S/c1-4-18-11(17)10(16(3)7-5-6-14)9-8(2)19-12(13)15-9/h10H,4-5,7H2,1-3H3. The topological polar surface area (TPSA) is 66.2 Å². The molecule has 0 aliphatic carbocycles. The molecule has 1 rings (SSSR count). The van der Waals surface area contributed by atoms with Crippen molar-refractivity contribution < 1.29 is 9.53 Å². The van der Waals surface area contributed by atoms with Crippen LogP contribution in [0.25, 0.3) is 0 Å². The number of aromatic nitrogens is 1. The monoisotopic (exact) mass is 345 g/mol. The van der Waals surface area contributed by atoms with Gasteiger partial charge in [-0.2, -0.15) is 5.26 Å². The first kappa shape index (κ1) is 16.1. The van der Waals surface area contributed by atoms with Crippen LogP contribution in [-0.2, 0) is 9.53 Å². The van der Waals surface area contributed by atoms with Crippen LogP contribution in [0.15, 0.2) is 3.92 Å². The highest BCUT2D eigenvalue weighted by Crippen LogP contribution is 2.30. The third-order valence-corrected chi connectivity index (χ3v) is 4.03. The molecule has 0 radical (unpaired) electrons. The Morgan fingerprint density at radius 3 is 2.84 bits per heavy atom. The number of rotatable bonds is 6. The van der Waals surface area contributed by atoms with Crippen molar-refractivity contribution in [1.29, 1.82) is 5.26 Å². The molecule has 0 saturated heterocycles. The van der Waals surface area contributed by atoms with Crippen LogP contribution < -0.4 is 0 Å². The number of nitriles is 1. The van der Waals surface area contributed by atoms with E-state index in [0.29, 0.717) is 25.3 Å². The quantitative estimate of drug-likeness (QED) is 0.741. The average Bonchev–Trinajstić information content (AvgIpc) is 2.66. The Morgan fingerprint density at radius 2 is 2.37 bits per heavy atom. The summed E-state index contributed by atoms with van der Waals surface area (Å²) in [6.07, 6.45) is 0.358. The van der Waals surface area contributed by atoms with Gasteiger partial charge in [0.1, 0.15) is 0 Å². The summed E-state index contributed by atoms with van der Waals surface area (Å²) in [5.74, 6) is -0.330. The van der Waals surface area contributed by atoms with E-state index in [4.69, 9.17) is 10.00 Å². The molecule has 0 fully saturated rings. The first-order valence-corrected chi connectivity index (χ1v) is 7.48. The Bertz CT molecular complexity index is 484. The van der Waals surface area contributed by atoms with Crippen LogP contribution >= 0.6 is 27.3 Å². The molecule has 1 heterocycles. The van der Waals surface area contributed by atoms with E-state index < -0.39 is 6.04 Å². The minimum atomic E-state index is -0.559. The fourth-order valence-corrected chi connectivity index (χ4v) is 3.28. The number of nitrogens with zero attached hydrogens (tertiary/aromatic N) is 3. The SMILES string of the molecule is CCOC(=O)C(c1nc(Br)sc1C)N(C)CCC#N. The molecular weight excluding hydrogens is 330 g/mol. The molecule has 1 aromatic heterocycles. The lowest BCUT2D eigenvalue weighted by atomic mass is 10.1. The summed E-state index contributed by atoms with van der Waals surface area (Å²) in [5, 5.41) is 8.65. The maximum atomic E-state index is 12.1. The van der Waals surface area contributed by atoms with E-state index in [2.05, 4.69) is 27.0 Å². The van der Waals surface area contributed by atoms with Gasteiger partial charge in [-0.1, -0.05) is 0 Å². The maximum Gasteiger partial charge on any atom is 0.329 e. The second-order valence-electron chi connectivity index (χ2n) is 3.95. The van der Waals surface area contributed by atoms with Gasteiger partial charge in [0.15, 0.2) is 9.96 Å². The minimum absolute atomic E-state index is 0.325. The fourth-order valence-electron chi connectivity index (χ4n) is 1.71. The summed E-state index contributed by atoms with van der Waals surface area (Å²) in [5.41, 5.74) is 0.691. The van der Waals surface area contributed by atoms with Crippen LogP contribution in [-0.4, -0.2) is 36.1 Å². The van der Waals surface area contributed by atoms with E-state index in [-0.39, 0.29) is 5.97 Å². The van der Waals surface area contributed by atoms with Crippen molar-refractivity contribution in [3.05, 3.63) is 14.5 Å². The second-order valence-corrected chi connectivity index (χ2v) is 6.43. The number of esters is 1. The largest absolute Gasteiger partial charge is 0.465 e. The molecule has 1 aromatic rings. The van der Waals surface area contributed by atoms with Crippen LogP contribution in [0.3, 0.4) is 0 Å². The lowest BCUT2D eigenvalue weighted by molar-refractivity contribution is -0.149.